The highest BCUT2D eigenvalue weighted by atomic mass is 79.9. The van der Waals surface area contributed by atoms with Crippen LogP contribution in [0.4, 0.5) is 0 Å². The minimum atomic E-state index is 0.267. The first-order chi connectivity index (χ1) is 9.83. The molecule has 2 rings (SSSR count). The molecule has 20 heavy (non-hydrogen) atoms. The fourth-order valence-electron chi connectivity index (χ4n) is 2.78. The summed E-state index contributed by atoms with van der Waals surface area (Å²) in [5, 5.41) is 3.68. The van der Waals surface area contributed by atoms with Crippen molar-refractivity contribution < 1.29 is 0 Å². The molecule has 0 fully saturated rings. The van der Waals surface area contributed by atoms with E-state index in [0.717, 1.165) is 23.1 Å². The van der Waals surface area contributed by atoms with Gasteiger partial charge in [0.25, 0.3) is 0 Å². The molecule has 0 aromatic carbocycles. The average molecular weight is 337 g/mol. The Hall–Kier alpha value is -0.670. The molecule has 1 aliphatic rings. The first-order valence-corrected chi connectivity index (χ1v) is 8.65. The summed E-state index contributed by atoms with van der Waals surface area (Å²) in [7, 11) is 0. The second kappa shape index (κ2) is 8.58. The van der Waals surface area contributed by atoms with E-state index in [1.54, 1.807) is 0 Å². The normalized spacial score (nSPS) is 20.6. The number of hydrogen-bond donors (Lipinski definition) is 1. The van der Waals surface area contributed by atoms with Gasteiger partial charge in [0.05, 0.1) is 11.7 Å². The van der Waals surface area contributed by atoms with Gasteiger partial charge in [-0.15, -0.1) is 0 Å². The second-order valence-corrected chi connectivity index (χ2v) is 6.34. The van der Waals surface area contributed by atoms with Crippen LogP contribution in [-0.2, 0) is 0 Å². The lowest BCUT2D eigenvalue weighted by Gasteiger charge is -2.24. The van der Waals surface area contributed by atoms with Gasteiger partial charge < -0.3 is 5.32 Å². The van der Waals surface area contributed by atoms with Gasteiger partial charge in [0.1, 0.15) is 0 Å². The zero-order valence-corrected chi connectivity index (χ0v) is 14.0. The molecule has 0 saturated heterocycles. The Balaban J connectivity index is 2.24. The van der Waals surface area contributed by atoms with Gasteiger partial charge in [0.15, 0.2) is 0 Å². The summed E-state index contributed by atoms with van der Waals surface area (Å²) < 4.78 is 1.11. The molecule has 3 heteroatoms. The number of halogens is 1. The van der Waals surface area contributed by atoms with Crippen molar-refractivity contribution in [3.8, 4) is 0 Å². The van der Waals surface area contributed by atoms with E-state index in [-0.39, 0.29) is 6.04 Å². The van der Waals surface area contributed by atoms with Crippen LogP contribution < -0.4 is 5.32 Å². The average Bonchev–Trinajstić information content (AvgIpc) is 2.42. The van der Waals surface area contributed by atoms with Crippen LogP contribution in [0.25, 0.3) is 0 Å². The van der Waals surface area contributed by atoms with E-state index in [9.17, 15) is 0 Å². The van der Waals surface area contributed by atoms with Crippen molar-refractivity contribution >= 4 is 15.9 Å². The van der Waals surface area contributed by atoms with Crippen LogP contribution in [0.3, 0.4) is 0 Å². The lowest BCUT2D eigenvalue weighted by molar-refractivity contribution is 0.531. The van der Waals surface area contributed by atoms with Crippen molar-refractivity contribution in [2.45, 2.75) is 57.9 Å². The Morgan fingerprint density at radius 2 is 2.15 bits per heavy atom. The number of pyridine rings is 1. The summed E-state index contributed by atoms with van der Waals surface area (Å²) in [4.78, 5) is 4.61. The molecule has 1 N–H and O–H groups in total. The van der Waals surface area contributed by atoms with E-state index in [4.69, 9.17) is 0 Å². The molecule has 0 radical (unpaired) electrons. The standard InChI is InChI=1S/C17H25BrN2/c1-2-12-19-16(17-15(18)11-8-13-20-17)14-9-6-4-3-5-7-10-14/h8-9,11,13,16,19H,2-7,10,12H2,1H3/b14-9+. The topological polar surface area (TPSA) is 24.9 Å². The molecule has 1 heterocycles. The maximum absolute atomic E-state index is 4.61. The SMILES string of the molecule is CCCNC(/C1=C/CCCCCC1)c1ncccc1Br. The maximum Gasteiger partial charge on any atom is 0.0756 e. The summed E-state index contributed by atoms with van der Waals surface area (Å²) in [5.74, 6) is 0. The highest BCUT2D eigenvalue weighted by Crippen LogP contribution is 2.31. The zero-order valence-electron chi connectivity index (χ0n) is 12.4. The molecule has 110 valence electrons. The fourth-order valence-corrected chi connectivity index (χ4v) is 3.27. The molecule has 1 aromatic rings. The van der Waals surface area contributed by atoms with Crippen molar-refractivity contribution in [3.05, 3.63) is 40.1 Å². The summed E-state index contributed by atoms with van der Waals surface area (Å²) in [6.45, 7) is 3.25. The number of allylic oxidation sites excluding steroid dienone is 1. The Kier molecular flexibility index (Phi) is 6.74. The molecule has 1 aromatic heterocycles. The molecule has 2 nitrogen and oxygen atoms in total. The van der Waals surface area contributed by atoms with Crippen LogP contribution in [0.1, 0.15) is 63.6 Å². The quantitative estimate of drug-likeness (QED) is 0.750. The smallest absolute Gasteiger partial charge is 0.0756 e. The minimum absolute atomic E-state index is 0.267. The third kappa shape index (κ3) is 4.42. The first kappa shape index (κ1) is 15.7. The fraction of sp³-hybridized carbons (Fsp3) is 0.588. The summed E-state index contributed by atoms with van der Waals surface area (Å²) in [5.41, 5.74) is 2.66. The number of nitrogens with zero attached hydrogens (tertiary/aromatic N) is 1. The molecular weight excluding hydrogens is 312 g/mol. The van der Waals surface area contributed by atoms with Gasteiger partial charge in [0.2, 0.25) is 0 Å². The number of nitrogens with one attached hydrogen (secondary N) is 1. The third-order valence-electron chi connectivity index (χ3n) is 3.86. The van der Waals surface area contributed by atoms with Crippen LogP contribution in [0, 0.1) is 0 Å². The van der Waals surface area contributed by atoms with Gasteiger partial charge in [-0.25, -0.2) is 0 Å². The highest BCUT2D eigenvalue weighted by molar-refractivity contribution is 9.10. The van der Waals surface area contributed by atoms with E-state index in [0.29, 0.717) is 0 Å². The molecule has 1 aliphatic carbocycles. The second-order valence-electron chi connectivity index (χ2n) is 5.49. The maximum atomic E-state index is 4.61. The minimum Gasteiger partial charge on any atom is -0.305 e. The van der Waals surface area contributed by atoms with Crippen molar-refractivity contribution in [1.29, 1.82) is 0 Å². The predicted molar refractivity (Wildman–Crippen MR) is 88.8 cm³/mol. The molecule has 0 amide bonds. The lowest BCUT2D eigenvalue weighted by atomic mass is 9.93. The van der Waals surface area contributed by atoms with E-state index in [2.05, 4.69) is 45.3 Å². The van der Waals surface area contributed by atoms with Crippen LogP contribution in [0.2, 0.25) is 0 Å². The molecule has 0 aliphatic heterocycles. The number of hydrogen-bond acceptors (Lipinski definition) is 2. The van der Waals surface area contributed by atoms with Gasteiger partial charge in [-0.3, -0.25) is 4.98 Å². The summed E-state index contributed by atoms with van der Waals surface area (Å²) >= 11 is 3.66. The Labute approximate surface area is 131 Å². The van der Waals surface area contributed by atoms with Gasteiger partial charge in [-0.1, -0.05) is 31.4 Å². The Morgan fingerprint density at radius 1 is 1.30 bits per heavy atom. The monoisotopic (exact) mass is 336 g/mol. The molecular formula is C17H25BrN2. The van der Waals surface area contributed by atoms with Crippen molar-refractivity contribution in [2.24, 2.45) is 0 Å². The number of rotatable bonds is 5. The summed E-state index contributed by atoms with van der Waals surface area (Å²) in [6, 6.07) is 4.34. The van der Waals surface area contributed by atoms with Crippen molar-refractivity contribution in [3.63, 3.8) is 0 Å². The van der Waals surface area contributed by atoms with Gasteiger partial charge >= 0.3 is 0 Å². The van der Waals surface area contributed by atoms with E-state index in [1.807, 2.05) is 12.3 Å². The lowest BCUT2D eigenvalue weighted by Crippen LogP contribution is -2.25. The van der Waals surface area contributed by atoms with E-state index >= 15 is 0 Å². The van der Waals surface area contributed by atoms with Crippen molar-refractivity contribution in [1.82, 2.24) is 10.3 Å². The first-order valence-electron chi connectivity index (χ1n) is 7.85. The number of aromatic nitrogens is 1. The Bertz CT molecular complexity index is 442. The third-order valence-corrected chi connectivity index (χ3v) is 4.53. The van der Waals surface area contributed by atoms with Gasteiger partial charge in [-0.05, 0) is 66.7 Å². The largest absolute Gasteiger partial charge is 0.305 e. The van der Waals surface area contributed by atoms with Crippen LogP contribution in [0.5, 0.6) is 0 Å². The Morgan fingerprint density at radius 3 is 2.95 bits per heavy atom. The van der Waals surface area contributed by atoms with Crippen LogP contribution in [0.15, 0.2) is 34.5 Å². The molecule has 0 spiro atoms. The van der Waals surface area contributed by atoms with Crippen LogP contribution >= 0.6 is 15.9 Å². The van der Waals surface area contributed by atoms with E-state index in [1.165, 1.54) is 44.1 Å². The van der Waals surface area contributed by atoms with Gasteiger partial charge in [0, 0.05) is 10.7 Å². The van der Waals surface area contributed by atoms with Gasteiger partial charge in [-0.2, -0.15) is 0 Å². The molecule has 0 saturated carbocycles. The van der Waals surface area contributed by atoms with E-state index < -0.39 is 0 Å². The predicted octanol–water partition coefficient (Wildman–Crippen LogP) is 5.17. The van der Waals surface area contributed by atoms with Crippen molar-refractivity contribution in [2.75, 3.05) is 6.54 Å². The summed E-state index contributed by atoms with van der Waals surface area (Å²) in [6.07, 6.45) is 13.3. The zero-order chi connectivity index (χ0) is 14.2. The molecule has 1 atom stereocenters. The van der Waals surface area contributed by atoms with Crippen LogP contribution in [-0.4, -0.2) is 11.5 Å². The highest BCUT2D eigenvalue weighted by Gasteiger charge is 2.19. The molecule has 1 unspecified atom stereocenters. The molecule has 0 bridgehead atoms.